The first-order valence-corrected chi connectivity index (χ1v) is 5.43. The topological polar surface area (TPSA) is 111 Å². The van der Waals surface area contributed by atoms with Gasteiger partial charge in [0.15, 0.2) is 0 Å². The minimum absolute atomic E-state index is 0.0466. The first kappa shape index (κ1) is 12.9. The zero-order valence-corrected chi connectivity index (χ0v) is 9.44. The van der Waals surface area contributed by atoms with Gasteiger partial charge in [-0.15, -0.1) is 0 Å². The summed E-state index contributed by atoms with van der Waals surface area (Å²) in [5.41, 5.74) is 4.65. The van der Waals surface area contributed by atoms with Gasteiger partial charge in [0.05, 0.1) is 25.3 Å². The second kappa shape index (κ2) is 5.01. The zero-order valence-electron chi connectivity index (χ0n) is 9.44. The van der Waals surface area contributed by atoms with Crippen LogP contribution < -0.4 is 11.4 Å². The molecule has 100 valence electrons. The van der Waals surface area contributed by atoms with Crippen molar-refractivity contribution in [3.63, 3.8) is 0 Å². The first-order chi connectivity index (χ1) is 8.58. The summed E-state index contributed by atoms with van der Waals surface area (Å²) in [5, 5.41) is 18.7. The maximum atomic E-state index is 12.9. The van der Waals surface area contributed by atoms with Gasteiger partial charge in [-0.3, -0.25) is 8.96 Å². The van der Waals surface area contributed by atoms with E-state index in [1.807, 2.05) is 0 Å². The van der Waals surface area contributed by atoms with Crippen molar-refractivity contribution in [1.29, 1.82) is 0 Å². The second-order valence-corrected chi connectivity index (χ2v) is 4.10. The van der Waals surface area contributed by atoms with E-state index in [9.17, 15) is 14.3 Å². The third-order valence-corrected chi connectivity index (χ3v) is 2.98. The van der Waals surface area contributed by atoms with Gasteiger partial charge >= 0.3 is 5.69 Å². The van der Waals surface area contributed by atoms with Crippen molar-refractivity contribution in [2.24, 2.45) is 5.92 Å². The molecule has 2 heterocycles. The number of aromatic nitrogens is 2. The monoisotopic (exact) mass is 259 g/mol. The molecule has 0 aliphatic carbocycles. The fourth-order valence-corrected chi connectivity index (χ4v) is 2.01. The summed E-state index contributed by atoms with van der Waals surface area (Å²) in [4.78, 5) is 15.1. The Balaban J connectivity index is 2.35. The van der Waals surface area contributed by atoms with Gasteiger partial charge in [0, 0.05) is 6.20 Å². The van der Waals surface area contributed by atoms with E-state index in [4.69, 9.17) is 15.6 Å². The minimum Gasteiger partial charge on any atom is -0.394 e. The summed E-state index contributed by atoms with van der Waals surface area (Å²) in [5.74, 6) is -0.879. The molecule has 18 heavy (non-hydrogen) atoms. The molecule has 1 saturated heterocycles. The van der Waals surface area contributed by atoms with Gasteiger partial charge in [0.1, 0.15) is 18.1 Å². The second-order valence-electron chi connectivity index (χ2n) is 4.10. The van der Waals surface area contributed by atoms with Crippen LogP contribution in [0.3, 0.4) is 0 Å². The highest BCUT2D eigenvalue weighted by atomic mass is 19.1. The van der Waals surface area contributed by atoms with Crippen molar-refractivity contribution in [2.75, 3.05) is 19.0 Å². The maximum absolute atomic E-state index is 12.9. The molecule has 1 aromatic rings. The molecule has 0 bridgehead atoms. The lowest BCUT2D eigenvalue weighted by Crippen LogP contribution is -2.33. The summed E-state index contributed by atoms with van der Waals surface area (Å²) in [7, 11) is 0. The Kier molecular flexibility index (Phi) is 3.60. The van der Waals surface area contributed by atoms with Crippen LogP contribution in [0.4, 0.5) is 10.2 Å². The fraction of sp³-hybridized carbons (Fsp3) is 0.600. The number of nitrogens with two attached hydrogens (primary N) is 1. The van der Waals surface area contributed by atoms with Crippen LogP contribution in [0.15, 0.2) is 17.1 Å². The number of nitrogen functional groups attached to an aromatic ring is 1. The van der Waals surface area contributed by atoms with Gasteiger partial charge in [-0.2, -0.15) is 4.98 Å². The number of halogens is 1. The Labute approximate surface area is 102 Å². The number of ether oxygens (including phenoxy) is 1. The van der Waals surface area contributed by atoms with E-state index in [2.05, 4.69) is 4.98 Å². The summed E-state index contributed by atoms with van der Waals surface area (Å²) in [6.45, 7) is -1.33. The van der Waals surface area contributed by atoms with E-state index in [0.29, 0.717) is 0 Å². The molecule has 0 radical (unpaired) electrons. The van der Waals surface area contributed by atoms with Crippen LogP contribution in [0.1, 0.15) is 6.23 Å². The van der Waals surface area contributed by atoms with Gasteiger partial charge in [0.25, 0.3) is 0 Å². The summed E-state index contributed by atoms with van der Waals surface area (Å²) in [6.07, 6.45) is -1.76. The number of aliphatic hydroxyl groups excluding tert-OH is 2. The van der Waals surface area contributed by atoms with E-state index in [1.54, 1.807) is 0 Å². The van der Waals surface area contributed by atoms with Crippen molar-refractivity contribution in [1.82, 2.24) is 9.55 Å². The molecule has 1 aliphatic heterocycles. The van der Waals surface area contributed by atoms with Gasteiger partial charge in [-0.25, -0.2) is 4.79 Å². The van der Waals surface area contributed by atoms with Gasteiger partial charge in [0.2, 0.25) is 0 Å². The number of hydrogen-bond acceptors (Lipinski definition) is 6. The molecule has 8 heteroatoms. The molecule has 0 aromatic carbocycles. The van der Waals surface area contributed by atoms with Gasteiger partial charge < -0.3 is 20.7 Å². The predicted molar refractivity (Wildman–Crippen MR) is 59.4 cm³/mol. The highest BCUT2D eigenvalue weighted by Gasteiger charge is 2.44. The third-order valence-electron chi connectivity index (χ3n) is 2.98. The van der Waals surface area contributed by atoms with E-state index in [0.717, 1.165) is 4.57 Å². The molecular formula is C10H14FN3O4. The molecule has 0 unspecified atom stereocenters. The highest BCUT2D eigenvalue weighted by molar-refractivity contribution is 5.23. The van der Waals surface area contributed by atoms with Gasteiger partial charge in [-0.1, -0.05) is 0 Å². The van der Waals surface area contributed by atoms with Crippen LogP contribution in [0.25, 0.3) is 0 Å². The van der Waals surface area contributed by atoms with E-state index in [1.165, 1.54) is 12.3 Å². The van der Waals surface area contributed by atoms with Crippen molar-refractivity contribution in [3.8, 4) is 0 Å². The quantitative estimate of drug-likeness (QED) is 0.619. The fourth-order valence-electron chi connectivity index (χ4n) is 2.01. The largest absolute Gasteiger partial charge is 0.394 e. The van der Waals surface area contributed by atoms with Crippen LogP contribution in [0, 0.1) is 5.92 Å². The zero-order chi connectivity index (χ0) is 13.3. The highest BCUT2D eigenvalue weighted by Crippen LogP contribution is 2.34. The maximum Gasteiger partial charge on any atom is 0.351 e. The Bertz CT molecular complexity index is 480. The van der Waals surface area contributed by atoms with Crippen molar-refractivity contribution in [2.45, 2.75) is 18.4 Å². The normalized spacial score (nSPS) is 31.7. The first-order valence-electron chi connectivity index (χ1n) is 5.43. The molecule has 1 aromatic heterocycles. The molecule has 0 amide bonds. The molecule has 0 spiro atoms. The number of hydrogen-bond donors (Lipinski definition) is 3. The number of nitrogens with zero attached hydrogens (tertiary/aromatic N) is 2. The molecule has 4 N–H and O–H groups in total. The lowest BCUT2D eigenvalue weighted by molar-refractivity contribution is -0.0485. The summed E-state index contributed by atoms with van der Waals surface area (Å²) in [6, 6.07) is 1.37. The number of aliphatic hydroxyl groups is 2. The molecule has 4 atom stereocenters. The Morgan fingerprint density at radius 1 is 1.61 bits per heavy atom. The lowest BCUT2D eigenvalue weighted by Gasteiger charge is -2.18. The molecular weight excluding hydrogens is 245 g/mol. The van der Waals surface area contributed by atoms with E-state index < -0.39 is 43.3 Å². The SMILES string of the molecule is Nc1ccn([C@@H]2O[C@H](CO)[C@@H](O)[C@@H]2CF)c(=O)n1. The average molecular weight is 259 g/mol. The molecule has 0 saturated carbocycles. The lowest BCUT2D eigenvalue weighted by atomic mass is 10.0. The summed E-state index contributed by atoms with van der Waals surface area (Å²) < 4.78 is 19.3. The van der Waals surface area contributed by atoms with E-state index in [-0.39, 0.29) is 5.82 Å². The van der Waals surface area contributed by atoms with Crippen LogP contribution in [0.2, 0.25) is 0 Å². The Morgan fingerprint density at radius 2 is 2.33 bits per heavy atom. The molecule has 1 aliphatic rings. The van der Waals surface area contributed by atoms with Crippen LogP contribution in [-0.4, -0.2) is 45.3 Å². The van der Waals surface area contributed by atoms with Crippen molar-refractivity contribution < 1.29 is 19.3 Å². The van der Waals surface area contributed by atoms with Gasteiger partial charge in [-0.05, 0) is 6.07 Å². The Hall–Kier alpha value is -1.51. The van der Waals surface area contributed by atoms with E-state index >= 15 is 0 Å². The van der Waals surface area contributed by atoms with Crippen LogP contribution in [0.5, 0.6) is 0 Å². The Morgan fingerprint density at radius 3 is 2.89 bits per heavy atom. The molecule has 1 fully saturated rings. The standard InChI is InChI=1S/C10H14FN3O4/c11-3-5-8(16)6(4-15)18-9(5)14-2-1-7(12)13-10(14)17/h1-2,5-6,8-9,15-16H,3-4H2,(H2,12,13,17)/t5-,6+,8-,9+/m0/s1. The summed E-state index contributed by atoms with van der Waals surface area (Å²) >= 11 is 0. The smallest absolute Gasteiger partial charge is 0.351 e. The predicted octanol–water partition coefficient (Wildman–Crippen LogP) is -1.34. The molecule has 2 rings (SSSR count). The van der Waals surface area contributed by atoms with Crippen molar-refractivity contribution in [3.05, 3.63) is 22.7 Å². The number of rotatable bonds is 3. The third kappa shape index (κ3) is 2.09. The number of anilines is 1. The molecule has 7 nitrogen and oxygen atoms in total. The van der Waals surface area contributed by atoms with Crippen LogP contribution in [-0.2, 0) is 4.74 Å². The van der Waals surface area contributed by atoms with Crippen LogP contribution >= 0.6 is 0 Å². The minimum atomic E-state index is -1.17. The number of alkyl halides is 1. The van der Waals surface area contributed by atoms with Crippen molar-refractivity contribution >= 4 is 5.82 Å². The average Bonchev–Trinajstić information content (AvgIpc) is 2.65.